The van der Waals surface area contributed by atoms with Gasteiger partial charge in [-0.15, -0.1) is 0 Å². The third kappa shape index (κ3) is 1.64. The minimum atomic E-state index is 0.0792. The number of para-hydroxylation sites is 1. The molecule has 0 spiro atoms. The number of nitrogens with one attached hydrogen (secondary N) is 1. The van der Waals surface area contributed by atoms with Crippen LogP contribution in [0, 0.1) is 0 Å². The Hall–Kier alpha value is -3.07. The Labute approximate surface area is 138 Å². The molecular weight excluding hydrogens is 296 g/mol. The van der Waals surface area contributed by atoms with E-state index in [2.05, 4.69) is 35.8 Å². The third-order valence-electron chi connectivity index (χ3n) is 5.06. The minimum absolute atomic E-state index is 0.0792. The first-order valence-corrected chi connectivity index (χ1v) is 8.17. The molecule has 0 aliphatic carbocycles. The van der Waals surface area contributed by atoms with Crippen LogP contribution in [-0.4, -0.2) is 9.55 Å². The molecule has 0 atom stereocenters. The van der Waals surface area contributed by atoms with Gasteiger partial charge in [0.25, 0.3) is 5.56 Å². The SMILES string of the molecule is C=Cc1cccc2c(=O)n3c(cc12)-c1[nH]c2ccccc2c1CC3. The topological polar surface area (TPSA) is 37.8 Å². The van der Waals surface area contributed by atoms with E-state index in [0.29, 0.717) is 0 Å². The van der Waals surface area contributed by atoms with Crippen LogP contribution in [0.4, 0.5) is 0 Å². The Morgan fingerprint density at radius 3 is 2.75 bits per heavy atom. The lowest BCUT2D eigenvalue weighted by Crippen LogP contribution is -2.26. The van der Waals surface area contributed by atoms with Gasteiger partial charge in [-0.1, -0.05) is 43.0 Å². The smallest absolute Gasteiger partial charge is 0.258 e. The van der Waals surface area contributed by atoms with E-state index in [9.17, 15) is 4.79 Å². The fraction of sp³-hybridized carbons (Fsp3) is 0.0952. The highest BCUT2D eigenvalue weighted by Crippen LogP contribution is 2.35. The summed E-state index contributed by atoms with van der Waals surface area (Å²) in [4.78, 5) is 16.5. The zero-order valence-electron chi connectivity index (χ0n) is 13.2. The van der Waals surface area contributed by atoms with E-state index in [-0.39, 0.29) is 5.56 Å². The van der Waals surface area contributed by atoms with Gasteiger partial charge in [-0.2, -0.15) is 0 Å². The minimum Gasteiger partial charge on any atom is -0.353 e. The third-order valence-corrected chi connectivity index (χ3v) is 5.06. The predicted molar refractivity (Wildman–Crippen MR) is 99.3 cm³/mol. The highest BCUT2D eigenvalue weighted by molar-refractivity contribution is 5.95. The van der Waals surface area contributed by atoms with Gasteiger partial charge in [-0.3, -0.25) is 4.79 Å². The second kappa shape index (κ2) is 4.71. The van der Waals surface area contributed by atoms with E-state index in [0.717, 1.165) is 46.2 Å². The summed E-state index contributed by atoms with van der Waals surface area (Å²) in [5, 5.41) is 2.98. The van der Waals surface area contributed by atoms with Crippen molar-refractivity contribution < 1.29 is 0 Å². The summed E-state index contributed by atoms with van der Waals surface area (Å²) in [5.74, 6) is 0. The van der Waals surface area contributed by atoms with Crippen LogP contribution in [0.3, 0.4) is 0 Å². The van der Waals surface area contributed by atoms with Crippen molar-refractivity contribution in [3.8, 4) is 11.4 Å². The van der Waals surface area contributed by atoms with Gasteiger partial charge in [-0.25, -0.2) is 0 Å². The summed E-state index contributed by atoms with van der Waals surface area (Å²) >= 11 is 0. The molecule has 2 aromatic heterocycles. The molecule has 0 fully saturated rings. The molecule has 0 saturated carbocycles. The lowest BCUT2D eigenvalue weighted by Gasteiger charge is -2.20. The maximum Gasteiger partial charge on any atom is 0.258 e. The maximum absolute atomic E-state index is 13.0. The summed E-state index contributed by atoms with van der Waals surface area (Å²) in [6.45, 7) is 4.60. The Morgan fingerprint density at radius 2 is 1.88 bits per heavy atom. The Kier molecular flexibility index (Phi) is 2.63. The molecule has 2 aromatic carbocycles. The molecule has 1 aliphatic heterocycles. The average Bonchev–Trinajstić information content (AvgIpc) is 3.01. The van der Waals surface area contributed by atoms with E-state index in [1.807, 2.05) is 34.9 Å². The number of rotatable bonds is 1. The van der Waals surface area contributed by atoms with Gasteiger partial charge in [0, 0.05) is 22.8 Å². The zero-order chi connectivity index (χ0) is 16.3. The number of pyridine rings is 1. The predicted octanol–water partition coefficient (Wildman–Crippen LogP) is 4.35. The highest BCUT2D eigenvalue weighted by Gasteiger charge is 2.22. The monoisotopic (exact) mass is 312 g/mol. The van der Waals surface area contributed by atoms with Crippen molar-refractivity contribution in [2.75, 3.05) is 0 Å². The van der Waals surface area contributed by atoms with Gasteiger partial charge < -0.3 is 9.55 Å². The molecule has 0 bridgehead atoms. The van der Waals surface area contributed by atoms with E-state index in [1.54, 1.807) is 0 Å². The molecule has 3 heteroatoms. The quantitative estimate of drug-likeness (QED) is 0.557. The summed E-state index contributed by atoms with van der Waals surface area (Å²) in [5.41, 5.74) is 5.55. The molecule has 3 heterocycles. The number of nitrogens with zero attached hydrogens (tertiary/aromatic N) is 1. The molecule has 116 valence electrons. The first kappa shape index (κ1) is 13.4. The molecule has 3 nitrogen and oxygen atoms in total. The van der Waals surface area contributed by atoms with Gasteiger partial charge >= 0.3 is 0 Å². The van der Waals surface area contributed by atoms with Crippen LogP contribution in [0.25, 0.3) is 39.1 Å². The summed E-state index contributed by atoms with van der Waals surface area (Å²) in [7, 11) is 0. The number of H-pyrrole nitrogens is 1. The van der Waals surface area contributed by atoms with Crippen LogP contribution in [0.15, 0.2) is 59.9 Å². The second-order valence-electron chi connectivity index (χ2n) is 6.27. The molecule has 1 aliphatic rings. The molecule has 5 rings (SSSR count). The standard InChI is InChI=1S/C21H16N2O/c1-2-13-6-5-8-16-17(13)12-19-20-15(10-11-23(19)21(16)24)14-7-3-4-9-18(14)22-20/h2-9,12,22H,1,10-11H2. The normalized spacial score (nSPS) is 13.0. The lowest BCUT2D eigenvalue weighted by molar-refractivity contribution is 0.665. The maximum atomic E-state index is 13.0. The number of aromatic nitrogens is 2. The van der Waals surface area contributed by atoms with Gasteiger partial charge in [0.1, 0.15) is 0 Å². The van der Waals surface area contributed by atoms with Crippen LogP contribution in [0.2, 0.25) is 0 Å². The van der Waals surface area contributed by atoms with E-state index >= 15 is 0 Å². The number of aromatic amines is 1. The van der Waals surface area contributed by atoms with Crippen LogP contribution >= 0.6 is 0 Å². The number of aryl methyl sites for hydroxylation is 1. The Balaban J connectivity index is 1.93. The van der Waals surface area contributed by atoms with Gasteiger partial charge in [0.2, 0.25) is 0 Å². The first-order chi connectivity index (χ1) is 11.8. The molecule has 0 saturated heterocycles. The van der Waals surface area contributed by atoms with Crippen molar-refractivity contribution in [2.24, 2.45) is 0 Å². The van der Waals surface area contributed by atoms with Crippen molar-refractivity contribution in [3.05, 3.63) is 76.6 Å². The Morgan fingerprint density at radius 1 is 1.04 bits per heavy atom. The molecule has 24 heavy (non-hydrogen) atoms. The van der Waals surface area contributed by atoms with Crippen molar-refractivity contribution in [1.82, 2.24) is 9.55 Å². The molecule has 0 unspecified atom stereocenters. The van der Waals surface area contributed by atoms with Crippen molar-refractivity contribution >= 4 is 27.8 Å². The summed E-state index contributed by atoms with van der Waals surface area (Å²) in [6.07, 6.45) is 2.69. The van der Waals surface area contributed by atoms with Crippen LogP contribution in [0.5, 0.6) is 0 Å². The number of hydrogen-bond donors (Lipinski definition) is 1. The van der Waals surface area contributed by atoms with Crippen molar-refractivity contribution in [3.63, 3.8) is 0 Å². The average molecular weight is 312 g/mol. The molecule has 0 radical (unpaired) electrons. The second-order valence-corrected chi connectivity index (χ2v) is 6.27. The summed E-state index contributed by atoms with van der Waals surface area (Å²) in [6, 6.07) is 16.3. The van der Waals surface area contributed by atoms with Gasteiger partial charge in [-0.05, 0) is 41.1 Å². The van der Waals surface area contributed by atoms with Crippen LogP contribution in [0.1, 0.15) is 11.1 Å². The van der Waals surface area contributed by atoms with E-state index in [1.165, 1.54) is 10.9 Å². The van der Waals surface area contributed by atoms with E-state index in [4.69, 9.17) is 0 Å². The van der Waals surface area contributed by atoms with Crippen molar-refractivity contribution in [1.29, 1.82) is 0 Å². The number of fused-ring (bicyclic) bond motifs is 6. The van der Waals surface area contributed by atoms with Crippen LogP contribution < -0.4 is 5.56 Å². The number of hydrogen-bond acceptors (Lipinski definition) is 1. The largest absolute Gasteiger partial charge is 0.353 e. The highest BCUT2D eigenvalue weighted by atomic mass is 16.1. The molecular formula is C21H16N2O. The molecule has 4 aromatic rings. The molecule has 0 amide bonds. The van der Waals surface area contributed by atoms with E-state index < -0.39 is 0 Å². The van der Waals surface area contributed by atoms with Crippen molar-refractivity contribution in [2.45, 2.75) is 13.0 Å². The zero-order valence-corrected chi connectivity index (χ0v) is 13.2. The lowest BCUT2D eigenvalue weighted by atomic mass is 9.98. The fourth-order valence-electron chi connectivity index (χ4n) is 3.91. The van der Waals surface area contributed by atoms with Gasteiger partial charge in [0.05, 0.1) is 11.4 Å². The first-order valence-electron chi connectivity index (χ1n) is 8.17. The van der Waals surface area contributed by atoms with Crippen LogP contribution in [-0.2, 0) is 13.0 Å². The van der Waals surface area contributed by atoms with Gasteiger partial charge in [0.15, 0.2) is 0 Å². The Bertz CT molecular complexity index is 1190. The summed E-state index contributed by atoms with van der Waals surface area (Å²) < 4.78 is 1.90. The fourth-order valence-corrected chi connectivity index (χ4v) is 3.91. The number of benzene rings is 2. The molecule has 1 N–H and O–H groups in total.